The van der Waals surface area contributed by atoms with Gasteiger partial charge in [0.2, 0.25) is 0 Å². The van der Waals surface area contributed by atoms with Crippen LogP contribution in [0.25, 0.3) is 22.6 Å². The minimum atomic E-state index is -4.64. The molecule has 1 aromatic carbocycles. The first-order valence-electron chi connectivity index (χ1n) is 26.1. The number of amides is 2. The van der Waals surface area contributed by atoms with Gasteiger partial charge in [-0.25, -0.2) is 22.7 Å². The Hall–Kier alpha value is -6.51. The van der Waals surface area contributed by atoms with Crippen molar-refractivity contribution in [2.75, 3.05) is 39.3 Å². The molecule has 2 saturated heterocycles. The number of hydrogen-bond acceptors (Lipinski definition) is 11. The van der Waals surface area contributed by atoms with Gasteiger partial charge in [0.05, 0.1) is 47.6 Å². The van der Waals surface area contributed by atoms with Gasteiger partial charge >= 0.3 is 18.3 Å². The van der Waals surface area contributed by atoms with Gasteiger partial charge in [0.1, 0.15) is 23.9 Å². The van der Waals surface area contributed by atoms with Crippen LogP contribution in [0.5, 0.6) is 0 Å². The highest BCUT2D eigenvalue weighted by molar-refractivity contribution is 5.94. The van der Waals surface area contributed by atoms with Crippen LogP contribution < -0.4 is 10.6 Å². The second kappa shape index (κ2) is 25.1. The van der Waals surface area contributed by atoms with Gasteiger partial charge in [-0.2, -0.15) is 36.5 Å². The molecule has 78 heavy (non-hydrogen) atoms. The molecule has 5 aromatic rings. The van der Waals surface area contributed by atoms with Gasteiger partial charge in [0.15, 0.2) is 11.4 Å². The summed E-state index contributed by atoms with van der Waals surface area (Å²) < 4.78 is 141. The highest BCUT2D eigenvalue weighted by Gasteiger charge is 2.39. The Balaban J connectivity index is 0.000000206. The Morgan fingerprint density at radius 3 is 1.90 bits per heavy atom. The van der Waals surface area contributed by atoms with E-state index in [-0.39, 0.29) is 98.0 Å². The highest BCUT2D eigenvalue weighted by Crippen LogP contribution is 2.41. The van der Waals surface area contributed by atoms with Crippen LogP contribution in [0.3, 0.4) is 0 Å². The number of tetrazole rings is 1. The maximum Gasteiger partial charge on any atom is 0.418 e. The van der Waals surface area contributed by atoms with Crippen LogP contribution in [0.15, 0.2) is 54.7 Å². The summed E-state index contributed by atoms with van der Waals surface area (Å²) in [6.07, 6.45) is -3.82. The van der Waals surface area contributed by atoms with Crippen molar-refractivity contribution in [2.24, 2.45) is 0 Å². The molecule has 27 heteroatoms. The SMILES string of the molecule is O=C(NC(CCN1CCCC(F)(F)C1)Cc1nnn[nH]1)c1cc(-c2ncccc2C(F)(F)F)n(C2CCCC2)n1.O=C(O)CC(CCN1CC(F)CC(F)C1)NC(=O)c1cc(-c2ccccc2C(F)(F)F)n(C2CCCC2)n1. The number of rotatable bonds is 18. The van der Waals surface area contributed by atoms with Crippen molar-refractivity contribution in [3.8, 4) is 22.6 Å². The molecular formula is C51H61F10N13O4. The first-order valence-corrected chi connectivity index (χ1v) is 26.1. The largest absolute Gasteiger partial charge is 0.481 e. The Morgan fingerprint density at radius 2 is 1.31 bits per heavy atom. The number of aromatic amines is 1. The number of piperidine rings is 2. The number of aliphatic carboxylic acids is 1. The van der Waals surface area contributed by atoms with Crippen molar-refractivity contribution in [3.05, 3.63) is 83.1 Å². The second-order valence-corrected chi connectivity index (χ2v) is 20.5. The maximum absolute atomic E-state index is 13.9. The molecule has 2 saturated carbocycles. The standard InChI is InChI=1S/C26H31F5N4O3.C25H30F5N9O/c27-16-11-17(28)15-34(14-16)10-9-18(12-24(36)37)32-25(38)22-13-23(35(33-22)19-5-1-2-6-19)20-7-3-4-8-21(20)26(29,30)31;26-24(27)9-4-11-38(15-24)12-8-16(13-21-33-36-37-34-21)32-23(40)19-14-20(39(35-19)17-5-1-2-6-17)22-18(25(28,29)30)7-3-10-31-22/h3-4,7-8,13,16-19H,1-2,5-6,9-12,14-15H2,(H,32,38)(H,36,37);3,7,10,14,16-17H,1-2,4-6,8-9,11-13,15H2,(H,32,40)(H,33,34,36,37). The molecule has 4 unspecified atom stereocenters. The molecule has 4 N–H and O–H groups in total. The average Bonchev–Trinajstić information content (AvgIpc) is 4.38. The van der Waals surface area contributed by atoms with Crippen LogP contribution >= 0.6 is 0 Å². The van der Waals surface area contributed by atoms with Gasteiger partial charge < -0.3 is 15.7 Å². The fraction of sp³-hybridized carbons (Fsp3) is 0.588. The van der Waals surface area contributed by atoms with E-state index in [4.69, 9.17) is 0 Å². The fourth-order valence-electron chi connectivity index (χ4n) is 10.9. The molecule has 2 aliphatic heterocycles. The zero-order valence-corrected chi connectivity index (χ0v) is 42.4. The summed E-state index contributed by atoms with van der Waals surface area (Å²) in [7, 11) is 0. The lowest BCUT2D eigenvalue weighted by Gasteiger charge is -2.33. The van der Waals surface area contributed by atoms with Crippen molar-refractivity contribution in [3.63, 3.8) is 0 Å². The first kappa shape index (κ1) is 57.7. The number of benzene rings is 1. The van der Waals surface area contributed by atoms with E-state index in [2.05, 4.69) is 46.4 Å². The Bertz CT molecular complexity index is 2790. The van der Waals surface area contributed by atoms with E-state index in [1.54, 1.807) is 9.80 Å². The molecule has 0 spiro atoms. The lowest BCUT2D eigenvalue weighted by atomic mass is 10.0. The molecule has 0 radical (unpaired) electrons. The van der Waals surface area contributed by atoms with E-state index in [0.717, 1.165) is 50.7 Å². The minimum absolute atomic E-state index is 0.0297. The Morgan fingerprint density at radius 1 is 0.744 bits per heavy atom. The number of carboxylic acids is 1. The number of H-pyrrole nitrogens is 1. The minimum Gasteiger partial charge on any atom is -0.481 e. The molecule has 0 bridgehead atoms. The number of likely N-dealkylation sites (tertiary alicyclic amines) is 2. The summed E-state index contributed by atoms with van der Waals surface area (Å²) in [5.41, 5.74) is -2.01. The van der Waals surface area contributed by atoms with Gasteiger partial charge in [-0.1, -0.05) is 43.9 Å². The number of aromatic nitrogens is 9. The van der Waals surface area contributed by atoms with E-state index in [1.807, 2.05) is 0 Å². The summed E-state index contributed by atoms with van der Waals surface area (Å²) in [5, 5.41) is 37.2. The smallest absolute Gasteiger partial charge is 0.418 e. The molecule has 4 aliphatic rings. The maximum atomic E-state index is 13.9. The number of carbonyl (C=O) groups excluding carboxylic acids is 2. The van der Waals surface area contributed by atoms with Crippen molar-refractivity contribution in [1.82, 2.24) is 65.6 Å². The van der Waals surface area contributed by atoms with Crippen LogP contribution in [-0.4, -0.2) is 147 Å². The van der Waals surface area contributed by atoms with E-state index < -0.39 is 78.0 Å². The van der Waals surface area contributed by atoms with Gasteiger partial charge in [0, 0.05) is 69.3 Å². The van der Waals surface area contributed by atoms with Crippen LogP contribution in [0.1, 0.15) is 140 Å². The number of carbonyl (C=O) groups is 3. The second-order valence-electron chi connectivity index (χ2n) is 20.5. The molecule has 4 aromatic heterocycles. The fourth-order valence-corrected chi connectivity index (χ4v) is 10.9. The van der Waals surface area contributed by atoms with E-state index in [1.165, 1.54) is 52.0 Å². The van der Waals surface area contributed by atoms with Crippen LogP contribution in [0.4, 0.5) is 43.9 Å². The molecule has 17 nitrogen and oxygen atoms in total. The molecule has 4 fully saturated rings. The summed E-state index contributed by atoms with van der Waals surface area (Å²) in [5.74, 6) is -4.84. The van der Waals surface area contributed by atoms with Crippen molar-refractivity contribution in [1.29, 1.82) is 0 Å². The molecule has 4 atom stereocenters. The van der Waals surface area contributed by atoms with Gasteiger partial charge in [-0.05, 0) is 92.2 Å². The third-order valence-corrected chi connectivity index (χ3v) is 14.5. The monoisotopic (exact) mass is 1110 g/mol. The predicted octanol–water partition coefficient (Wildman–Crippen LogP) is 9.08. The summed E-state index contributed by atoms with van der Waals surface area (Å²) >= 11 is 0. The molecule has 9 rings (SSSR count). The number of nitrogens with one attached hydrogen (secondary N) is 3. The van der Waals surface area contributed by atoms with E-state index >= 15 is 0 Å². The van der Waals surface area contributed by atoms with Crippen molar-refractivity contribution >= 4 is 17.8 Å². The van der Waals surface area contributed by atoms with Gasteiger partial charge in [-0.15, -0.1) is 5.10 Å². The molecule has 424 valence electrons. The quantitative estimate of drug-likeness (QED) is 0.0607. The number of nitrogens with zero attached hydrogens (tertiary/aromatic N) is 10. The van der Waals surface area contributed by atoms with Gasteiger partial charge in [0.25, 0.3) is 17.7 Å². The molecule has 2 amide bonds. The van der Waals surface area contributed by atoms with Crippen LogP contribution in [-0.2, 0) is 23.6 Å². The van der Waals surface area contributed by atoms with Gasteiger partial charge in [-0.3, -0.25) is 38.5 Å². The van der Waals surface area contributed by atoms with Crippen molar-refractivity contribution in [2.45, 2.75) is 151 Å². The summed E-state index contributed by atoms with van der Waals surface area (Å²) in [6, 6.07) is 8.21. The first-order chi connectivity index (χ1) is 37.1. The third kappa shape index (κ3) is 15.2. The predicted molar refractivity (Wildman–Crippen MR) is 261 cm³/mol. The lowest BCUT2D eigenvalue weighted by Crippen LogP contribution is -2.45. The number of pyridine rings is 1. The lowest BCUT2D eigenvalue weighted by molar-refractivity contribution is -0.138. The Kier molecular flexibility index (Phi) is 18.5. The topological polar surface area (TPSA) is 205 Å². The van der Waals surface area contributed by atoms with E-state index in [0.29, 0.717) is 44.6 Å². The normalized spacial score (nSPS) is 20.5. The average molecular weight is 1110 g/mol. The zero-order valence-electron chi connectivity index (χ0n) is 42.4. The highest BCUT2D eigenvalue weighted by atomic mass is 19.4. The Labute approximate surface area is 441 Å². The molecule has 2 aliphatic carbocycles. The zero-order chi connectivity index (χ0) is 55.8. The number of alkyl halides is 10. The van der Waals surface area contributed by atoms with E-state index in [9.17, 15) is 63.4 Å². The summed E-state index contributed by atoms with van der Waals surface area (Å²) in [6.45, 7) is 0.732. The third-order valence-electron chi connectivity index (χ3n) is 14.5. The van der Waals surface area contributed by atoms with Crippen LogP contribution in [0.2, 0.25) is 0 Å². The number of carboxylic acid groups (broad SMARTS) is 1. The molecule has 6 heterocycles. The summed E-state index contributed by atoms with van der Waals surface area (Å²) in [4.78, 5) is 45.2. The van der Waals surface area contributed by atoms with Crippen LogP contribution in [0, 0.1) is 0 Å². The molecular weight excluding hydrogens is 1050 g/mol. The number of halogens is 10. The number of hydrogen-bond donors (Lipinski definition) is 4. The van der Waals surface area contributed by atoms with Crippen molar-refractivity contribution < 1.29 is 63.4 Å².